The summed E-state index contributed by atoms with van der Waals surface area (Å²) in [7, 11) is 0. The van der Waals surface area contributed by atoms with Gasteiger partial charge in [-0.25, -0.2) is 0 Å². The first kappa shape index (κ1) is 15.5. The fraction of sp³-hybridized carbons (Fsp3) is 0.500. The Morgan fingerprint density at radius 1 is 1.37 bits per heavy atom. The Balaban J connectivity index is 2.43. The van der Waals surface area contributed by atoms with Crippen molar-refractivity contribution in [2.45, 2.75) is 13.8 Å². The lowest BCUT2D eigenvalue weighted by molar-refractivity contribution is -0.117. The monoisotopic (exact) mass is 265 g/mol. The first-order chi connectivity index (χ1) is 9.17. The molecule has 0 aliphatic carbocycles. The van der Waals surface area contributed by atoms with Crippen LogP contribution in [0.4, 0.5) is 11.4 Å². The van der Waals surface area contributed by atoms with E-state index in [4.69, 9.17) is 10.5 Å². The zero-order chi connectivity index (χ0) is 14.1. The smallest absolute Gasteiger partial charge is 0.238 e. The minimum atomic E-state index is -0.0590. The molecule has 0 unspecified atom stereocenters. The van der Waals surface area contributed by atoms with E-state index in [9.17, 15) is 4.79 Å². The number of carbonyl (C=O) groups is 1. The summed E-state index contributed by atoms with van der Waals surface area (Å²) in [5.41, 5.74) is 7.02. The van der Waals surface area contributed by atoms with Crippen LogP contribution in [0.3, 0.4) is 0 Å². The lowest BCUT2D eigenvalue weighted by atomic mass is 10.2. The summed E-state index contributed by atoms with van der Waals surface area (Å²) in [6.07, 6.45) is 0. The number of nitrogens with one attached hydrogen (secondary N) is 1. The summed E-state index contributed by atoms with van der Waals surface area (Å²) in [6, 6.07) is 7.25. The van der Waals surface area contributed by atoms with Gasteiger partial charge in [-0.05, 0) is 25.6 Å². The zero-order valence-corrected chi connectivity index (χ0v) is 11.7. The highest BCUT2D eigenvalue weighted by atomic mass is 16.5. The predicted molar refractivity (Wildman–Crippen MR) is 78.1 cm³/mol. The first-order valence-electron chi connectivity index (χ1n) is 6.61. The summed E-state index contributed by atoms with van der Waals surface area (Å²) in [6.45, 7) is 7.23. The van der Waals surface area contributed by atoms with Gasteiger partial charge in [-0.2, -0.15) is 0 Å². The molecule has 5 heteroatoms. The van der Waals surface area contributed by atoms with Crippen molar-refractivity contribution in [2.24, 2.45) is 0 Å². The number of benzene rings is 1. The Morgan fingerprint density at radius 3 is 2.74 bits per heavy atom. The Kier molecular flexibility index (Phi) is 6.92. The van der Waals surface area contributed by atoms with Gasteiger partial charge in [-0.15, -0.1) is 0 Å². The number of rotatable bonds is 8. The molecule has 1 rings (SSSR count). The number of hydrogen-bond acceptors (Lipinski definition) is 4. The SMILES string of the molecule is CCOCCN(CC)CC(=O)Nc1ccccc1N. The Bertz CT molecular complexity index is 396. The second kappa shape index (κ2) is 8.50. The maximum atomic E-state index is 11.9. The average molecular weight is 265 g/mol. The summed E-state index contributed by atoms with van der Waals surface area (Å²) < 4.78 is 5.29. The number of ether oxygens (including phenoxy) is 1. The Hall–Kier alpha value is -1.59. The number of carbonyl (C=O) groups excluding carboxylic acids is 1. The summed E-state index contributed by atoms with van der Waals surface area (Å²) in [5.74, 6) is -0.0590. The molecule has 0 heterocycles. The van der Waals surface area contributed by atoms with Crippen molar-refractivity contribution in [3.63, 3.8) is 0 Å². The number of anilines is 2. The van der Waals surface area contributed by atoms with Crippen LogP contribution in [-0.4, -0.2) is 43.7 Å². The number of nitrogens with two attached hydrogens (primary N) is 1. The topological polar surface area (TPSA) is 67.6 Å². The molecular formula is C14H23N3O2. The highest BCUT2D eigenvalue weighted by Crippen LogP contribution is 2.16. The van der Waals surface area contributed by atoms with Crippen LogP contribution in [0, 0.1) is 0 Å². The summed E-state index contributed by atoms with van der Waals surface area (Å²) in [5, 5.41) is 2.82. The van der Waals surface area contributed by atoms with Crippen molar-refractivity contribution in [2.75, 3.05) is 43.9 Å². The predicted octanol–water partition coefficient (Wildman–Crippen LogP) is 1.57. The van der Waals surface area contributed by atoms with Gasteiger partial charge < -0.3 is 15.8 Å². The second-order valence-electron chi connectivity index (χ2n) is 4.20. The molecule has 19 heavy (non-hydrogen) atoms. The highest BCUT2D eigenvalue weighted by Gasteiger charge is 2.10. The van der Waals surface area contributed by atoms with Crippen molar-refractivity contribution in [3.8, 4) is 0 Å². The molecule has 1 aromatic carbocycles. The van der Waals surface area contributed by atoms with E-state index in [1.807, 2.05) is 30.9 Å². The number of likely N-dealkylation sites (N-methyl/N-ethyl adjacent to an activating group) is 1. The molecule has 0 aromatic heterocycles. The third-order valence-corrected chi connectivity index (χ3v) is 2.81. The largest absolute Gasteiger partial charge is 0.397 e. The molecule has 0 aliphatic rings. The minimum Gasteiger partial charge on any atom is -0.397 e. The Labute approximate surface area is 114 Å². The van der Waals surface area contributed by atoms with Crippen molar-refractivity contribution < 1.29 is 9.53 Å². The average Bonchev–Trinajstić information content (AvgIpc) is 2.40. The minimum absolute atomic E-state index is 0.0590. The number of para-hydroxylation sites is 2. The molecule has 0 aliphatic heterocycles. The molecule has 5 nitrogen and oxygen atoms in total. The van der Waals surface area contributed by atoms with Crippen LogP contribution >= 0.6 is 0 Å². The molecule has 0 radical (unpaired) electrons. The van der Waals surface area contributed by atoms with Gasteiger partial charge in [0.1, 0.15) is 0 Å². The van der Waals surface area contributed by atoms with Crippen molar-refractivity contribution >= 4 is 17.3 Å². The summed E-state index contributed by atoms with van der Waals surface area (Å²) in [4.78, 5) is 13.9. The molecule has 0 bridgehead atoms. The van der Waals surface area contributed by atoms with Gasteiger partial charge in [0.05, 0.1) is 24.5 Å². The fourth-order valence-electron chi connectivity index (χ4n) is 1.69. The van der Waals surface area contributed by atoms with E-state index in [1.54, 1.807) is 12.1 Å². The maximum absolute atomic E-state index is 11.9. The standard InChI is InChI=1S/C14H23N3O2/c1-3-17(9-10-19-4-2)11-14(18)16-13-8-6-5-7-12(13)15/h5-8H,3-4,9-11,15H2,1-2H3,(H,16,18). The molecule has 0 saturated heterocycles. The molecule has 3 N–H and O–H groups in total. The zero-order valence-electron chi connectivity index (χ0n) is 11.7. The number of nitrogens with zero attached hydrogens (tertiary/aromatic N) is 1. The lowest BCUT2D eigenvalue weighted by Gasteiger charge is -2.19. The fourth-order valence-corrected chi connectivity index (χ4v) is 1.69. The molecule has 0 saturated carbocycles. The maximum Gasteiger partial charge on any atom is 0.238 e. The molecule has 0 fully saturated rings. The van der Waals surface area contributed by atoms with Crippen LogP contribution < -0.4 is 11.1 Å². The van der Waals surface area contributed by atoms with Gasteiger partial charge in [-0.1, -0.05) is 19.1 Å². The molecular weight excluding hydrogens is 242 g/mol. The third-order valence-electron chi connectivity index (χ3n) is 2.81. The van der Waals surface area contributed by atoms with Gasteiger partial charge >= 0.3 is 0 Å². The van der Waals surface area contributed by atoms with Gasteiger partial charge in [-0.3, -0.25) is 9.69 Å². The van der Waals surface area contributed by atoms with E-state index in [0.717, 1.165) is 13.1 Å². The van der Waals surface area contributed by atoms with Crippen LogP contribution in [0.2, 0.25) is 0 Å². The van der Waals surface area contributed by atoms with Gasteiger partial charge in [0.25, 0.3) is 0 Å². The first-order valence-corrected chi connectivity index (χ1v) is 6.61. The van der Waals surface area contributed by atoms with Crippen LogP contribution in [0.25, 0.3) is 0 Å². The second-order valence-corrected chi connectivity index (χ2v) is 4.20. The van der Waals surface area contributed by atoms with E-state index in [0.29, 0.717) is 31.1 Å². The van der Waals surface area contributed by atoms with Gasteiger partial charge in [0.2, 0.25) is 5.91 Å². The van der Waals surface area contributed by atoms with Gasteiger partial charge in [0, 0.05) is 13.2 Å². The van der Waals surface area contributed by atoms with Crippen molar-refractivity contribution in [3.05, 3.63) is 24.3 Å². The normalized spacial score (nSPS) is 10.7. The summed E-state index contributed by atoms with van der Waals surface area (Å²) >= 11 is 0. The molecule has 1 aromatic rings. The van der Waals surface area contributed by atoms with E-state index >= 15 is 0 Å². The van der Waals surface area contributed by atoms with Crippen LogP contribution in [0.1, 0.15) is 13.8 Å². The molecule has 0 spiro atoms. The molecule has 106 valence electrons. The van der Waals surface area contributed by atoms with Crippen molar-refractivity contribution in [1.29, 1.82) is 0 Å². The van der Waals surface area contributed by atoms with Gasteiger partial charge in [0.15, 0.2) is 0 Å². The van der Waals surface area contributed by atoms with E-state index in [1.165, 1.54) is 0 Å². The van der Waals surface area contributed by atoms with Crippen LogP contribution in [0.5, 0.6) is 0 Å². The van der Waals surface area contributed by atoms with E-state index < -0.39 is 0 Å². The van der Waals surface area contributed by atoms with Crippen LogP contribution in [0.15, 0.2) is 24.3 Å². The lowest BCUT2D eigenvalue weighted by Crippen LogP contribution is -2.35. The number of amides is 1. The third kappa shape index (κ3) is 5.72. The molecule has 0 atom stereocenters. The number of nitrogen functional groups attached to an aromatic ring is 1. The molecule has 1 amide bonds. The highest BCUT2D eigenvalue weighted by molar-refractivity contribution is 5.95. The quantitative estimate of drug-likeness (QED) is 0.553. The van der Waals surface area contributed by atoms with Crippen molar-refractivity contribution in [1.82, 2.24) is 4.90 Å². The number of hydrogen-bond donors (Lipinski definition) is 2. The van der Waals surface area contributed by atoms with Crippen LogP contribution in [-0.2, 0) is 9.53 Å². The van der Waals surface area contributed by atoms with E-state index in [-0.39, 0.29) is 5.91 Å². The van der Waals surface area contributed by atoms with E-state index in [2.05, 4.69) is 5.32 Å². The Morgan fingerprint density at radius 2 is 2.11 bits per heavy atom.